The summed E-state index contributed by atoms with van der Waals surface area (Å²) in [4.78, 5) is 22.1. The molecule has 0 fully saturated rings. The van der Waals surface area contributed by atoms with E-state index < -0.39 is 43.9 Å². The summed E-state index contributed by atoms with van der Waals surface area (Å²) in [5.74, 6) is -3.34. The highest BCUT2D eigenvalue weighted by molar-refractivity contribution is 7.92. The van der Waals surface area contributed by atoms with Gasteiger partial charge in [0.25, 0.3) is 0 Å². The zero-order valence-electron chi connectivity index (χ0n) is 10.8. The fraction of sp³-hybridized carbons (Fsp3) is 0.455. The SMILES string of the molecule is CC(C)(C)NC(=O)CS(=O)(=O)c1ccc(C(=O)O)o1. The number of carbonyl (C=O) groups is 2. The van der Waals surface area contributed by atoms with E-state index in [0.717, 1.165) is 12.1 Å². The molecule has 1 aromatic heterocycles. The van der Waals surface area contributed by atoms with Gasteiger partial charge in [0, 0.05) is 5.54 Å². The van der Waals surface area contributed by atoms with Gasteiger partial charge in [-0.25, -0.2) is 13.2 Å². The molecule has 8 heteroatoms. The maximum Gasteiger partial charge on any atom is 0.371 e. The van der Waals surface area contributed by atoms with Crippen molar-refractivity contribution in [3.8, 4) is 0 Å². The van der Waals surface area contributed by atoms with Crippen molar-refractivity contribution in [1.29, 1.82) is 0 Å². The summed E-state index contributed by atoms with van der Waals surface area (Å²) < 4.78 is 28.3. The molecule has 7 nitrogen and oxygen atoms in total. The van der Waals surface area contributed by atoms with Crippen LogP contribution in [0.3, 0.4) is 0 Å². The molecule has 0 atom stereocenters. The van der Waals surface area contributed by atoms with E-state index in [4.69, 9.17) is 5.11 Å². The summed E-state index contributed by atoms with van der Waals surface area (Å²) in [6.45, 7) is 5.15. The van der Waals surface area contributed by atoms with Crippen molar-refractivity contribution in [1.82, 2.24) is 5.32 Å². The average molecular weight is 289 g/mol. The Morgan fingerprint density at radius 1 is 1.32 bits per heavy atom. The van der Waals surface area contributed by atoms with Crippen LogP contribution >= 0.6 is 0 Å². The average Bonchev–Trinajstić information content (AvgIpc) is 2.61. The minimum atomic E-state index is -3.99. The molecule has 0 aliphatic carbocycles. The Morgan fingerprint density at radius 3 is 2.32 bits per heavy atom. The fourth-order valence-corrected chi connectivity index (χ4v) is 2.35. The minimum Gasteiger partial charge on any atom is -0.475 e. The van der Waals surface area contributed by atoms with Crippen LogP contribution in [-0.2, 0) is 14.6 Å². The van der Waals surface area contributed by atoms with Crippen LogP contribution in [0.4, 0.5) is 0 Å². The highest BCUT2D eigenvalue weighted by Gasteiger charge is 2.26. The first-order valence-electron chi connectivity index (χ1n) is 5.38. The van der Waals surface area contributed by atoms with Crippen LogP contribution in [-0.4, -0.2) is 36.7 Å². The zero-order valence-corrected chi connectivity index (χ0v) is 11.6. The quantitative estimate of drug-likeness (QED) is 0.842. The first-order chi connectivity index (χ1) is 8.51. The standard InChI is InChI=1S/C11H15NO6S/c1-11(2,3)12-8(13)6-19(16,17)9-5-4-7(18-9)10(14)15/h4-5H,6H2,1-3H3,(H,12,13)(H,14,15). The molecule has 19 heavy (non-hydrogen) atoms. The lowest BCUT2D eigenvalue weighted by Gasteiger charge is -2.20. The predicted octanol–water partition coefficient (Wildman–Crippen LogP) is 0.666. The van der Waals surface area contributed by atoms with Gasteiger partial charge in [-0.15, -0.1) is 0 Å². The summed E-state index contributed by atoms with van der Waals surface area (Å²) in [6, 6.07) is 2.04. The van der Waals surface area contributed by atoms with Gasteiger partial charge in [0.05, 0.1) is 0 Å². The van der Waals surface area contributed by atoms with Crippen LogP contribution in [0, 0.1) is 0 Å². The number of carbonyl (C=O) groups excluding carboxylic acids is 1. The number of carboxylic acid groups (broad SMARTS) is 1. The van der Waals surface area contributed by atoms with Gasteiger partial charge in [-0.05, 0) is 32.9 Å². The second-order valence-electron chi connectivity index (χ2n) is 4.98. The van der Waals surface area contributed by atoms with Crippen LogP contribution in [0.15, 0.2) is 21.6 Å². The molecule has 1 amide bonds. The number of sulfone groups is 1. The Morgan fingerprint density at radius 2 is 1.89 bits per heavy atom. The van der Waals surface area contributed by atoms with E-state index in [9.17, 15) is 18.0 Å². The number of carboxylic acids is 1. The molecular formula is C11H15NO6S. The van der Waals surface area contributed by atoms with E-state index in [1.165, 1.54) is 0 Å². The Kier molecular flexibility index (Phi) is 4.04. The maximum absolute atomic E-state index is 11.8. The summed E-state index contributed by atoms with van der Waals surface area (Å²) >= 11 is 0. The normalized spacial score (nSPS) is 12.2. The van der Waals surface area contributed by atoms with E-state index in [2.05, 4.69) is 9.73 Å². The molecule has 0 spiro atoms. The van der Waals surface area contributed by atoms with Crippen molar-refractivity contribution in [3.63, 3.8) is 0 Å². The summed E-state index contributed by atoms with van der Waals surface area (Å²) in [5, 5.41) is 10.6. The largest absolute Gasteiger partial charge is 0.475 e. The van der Waals surface area contributed by atoms with E-state index >= 15 is 0 Å². The van der Waals surface area contributed by atoms with Crippen LogP contribution in [0.25, 0.3) is 0 Å². The molecule has 0 aliphatic rings. The second kappa shape index (κ2) is 5.04. The molecule has 0 saturated heterocycles. The van der Waals surface area contributed by atoms with Gasteiger partial charge >= 0.3 is 5.97 Å². The van der Waals surface area contributed by atoms with Gasteiger partial charge in [0.2, 0.25) is 26.6 Å². The van der Waals surface area contributed by atoms with Gasteiger partial charge in [0.1, 0.15) is 5.75 Å². The first kappa shape index (κ1) is 15.2. The summed E-state index contributed by atoms with van der Waals surface area (Å²) in [7, 11) is -3.99. The third-order valence-corrected chi connectivity index (χ3v) is 3.41. The highest BCUT2D eigenvalue weighted by atomic mass is 32.2. The molecule has 0 unspecified atom stereocenters. The van der Waals surface area contributed by atoms with Crippen LogP contribution < -0.4 is 5.32 Å². The molecule has 0 aliphatic heterocycles. The number of amides is 1. The lowest BCUT2D eigenvalue weighted by molar-refractivity contribution is -0.120. The van der Waals surface area contributed by atoms with Gasteiger partial charge in [-0.1, -0.05) is 0 Å². The van der Waals surface area contributed by atoms with Crippen molar-refractivity contribution < 1.29 is 27.5 Å². The zero-order chi connectivity index (χ0) is 14.8. The minimum absolute atomic E-state index is 0.491. The molecule has 0 aromatic carbocycles. The fourth-order valence-electron chi connectivity index (χ4n) is 1.30. The molecule has 1 rings (SSSR count). The lowest BCUT2D eigenvalue weighted by atomic mass is 10.1. The Labute approximate surface area is 110 Å². The van der Waals surface area contributed by atoms with Gasteiger partial charge < -0.3 is 14.8 Å². The van der Waals surface area contributed by atoms with E-state index in [1.807, 2.05) is 0 Å². The van der Waals surface area contributed by atoms with E-state index in [1.54, 1.807) is 20.8 Å². The number of hydrogen-bond acceptors (Lipinski definition) is 5. The number of aromatic carboxylic acids is 1. The molecule has 1 aromatic rings. The topological polar surface area (TPSA) is 114 Å². The number of nitrogens with one attached hydrogen (secondary N) is 1. The maximum atomic E-state index is 11.8. The van der Waals surface area contributed by atoms with Gasteiger partial charge in [0.15, 0.2) is 0 Å². The third-order valence-electron chi connectivity index (χ3n) is 1.93. The molecule has 2 N–H and O–H groups in total. The van der Waals surface area contributed by atoms with Gasteiger partial charge in [-0.3, -0.25) is 4.79 Å². The number of furan rings is 1. The van der Waals surface area contributed by atoms with Crippen LogP contribution in [0.1, 0.15) is 31.3 Å². The molecule has 106 valence electrons. The lowest BCUT2D eigenvalue weighted by Crippen LogP contribution is -2.43. The van der Waals surface area contributed by atoms with Crippen molar-refractivity contribution in [2.24, 2.45) is 0 Å². The van der Waals surface area contributed by atoms with Crippen molar-refractivity contribution in [2.75, 3.05) is 5.75 Å². The highest BCUT2D eigenvalue weighted by Crippen LogP contribution is 2.15. The van der Waals surface area contributed by atoms with Gasteiger partial charge in [-0.2, -0.15) is 0 Å². The summed E-state index contributed by atoms with van der Waals surface area (Å²) in [6.07, 6.45) is 0. The van der Waals surface area contributed by atoms with Crippen molar-refractivity contribution in [3.05, 3.63) is 17.9 Å². The Balaban J connectivity index is 2.86. The van der Waals surface area contributed by atoms with Crippen molar-refractivity contribution >= 4 is 21.7 Å². The second-order valence-corrected chi connectivity index (χ2v) is 6.90. The predicted molar refractivity (Wildman–Crippen MR) is 65.6 cm³/mol. The third kappa shape index (κ3) is 4.40. The van der Waals surface area contributed by atoms with E-state index in [-0.39, 0.29) is 0 Å². The van der Waals surface area contributed by atoms with Crippen LogP contribution in [0.2, 0.25) is 0 Å². The van der Waals surface area contributed by atoms with E-state index in [0.29, 0.717) is 0 Å². The summed E-state index contributed by atoms with van der Waals surface area (Å²) in [5.41, 5.74) is -0.554. The smallest absolute Gasteiger partial charge is 0.371 e. The van der Waals surface area contributed by atoms with Crippen LogP contribution in [0.5, 0.6) is 0 Å². The number of rotatable bonds is 4. The Hall–Kier alpha value is -1.83. The molecular weight excluding hydrogens is 274 g/mol. The molecule has 0 radical (unpaired) electrons. The first-order valence-corrected chi connectivity index (χ1v) is 7.03. The molecule has 1 heterocycles. The monoisotopic (exact) mass is 289 g/mol. The Bertz CT molecular complexity index is 593. The number of hydrogen-bond donors (Lipinski definition) is 2. The molecule has 0 bridgehead atoms. The molecule has 0 saturated carbocycles. The van der Waals surface area contributed by atoms with Crippen molar-refractivity contribution in [2.45, 2.75) is 31.4 Å².